The quantitative estimate of drug-likeness (QED) is 0.648. The van der Waals surface area contributed by atoms with Gasteiger partial charge >= 0.3 is 0 Å². The van der Waals surface area contributed by atoms with Gasteiger partial charge in [0, 0.05) is 6.61 Å². The van der Waals surface area contributed by atoms with Gasteiger partial charge in [-0.2, -0.15) is 0 Å². The average molecular weight is 184 g/mol. The Morgan fingerprint density at radius 3 is 2.08 bits per heavy atom. The molecule has 0 rings (SSSR count). The molecule has 0 radical (unpaired) electrons. The lowest BCUT2D eigenvalue weighted by molar-refractivity contribution is 0.288. The first-order valence-electron chi connectivity index (χ1n) is 4.90. The Labute approximate surface area is 83.2 Å². The molecule has 1 N–H and O–H groups in total. The van der Waals surface area contributed by atoms with Crippen LogP contribution in [-0.4, -0.2) is 11.7 Å². The van der Waals surface area contributed by atoms with E-state index in [1.165, 1.54) is 0 Å². The fourth-order valence-electron chi connectivity index (χ4n) is 0.714. The predicted octanol–water partition coefficient (Wildman–Crippen LogP) is 3.55. The fourth-order valence-corrected chi connectivity index (χ4v) is 0.714. The number of aliphatic hydroxyl groups is 1. The van der Waals surface area contributed by atoms with Crippen LogP contribution in [0.25, 0.3) is 0 Å². The molecule has 0 spiro atoms. The fraction of sp³-hybridized carbons (Fsp3) is 0.667. The van der Waals surface area contributed by atoms with Gasteiger partial charge in [0.25, 0.3) is 0 Å². The molecule has 0 fully saturated rings. The summed E-state index contributed by atoms with van der Waals surface area (Å²) in [6.07, 6.45) is 4.90. The summed E-state index contributed by atoms with van der Waals surface area (Å²) in [5.41, 5.74) is 1.15. The van der Waals surface area contributed by atoms with Crippen molar-refractivity contribution in [2.24, 2.45) is 5.92 Å². The maximum Gasteiger partial charge on any atom is 0.0434 e. The summed E-state index contributed by atoms with van der Waals surface area (Å²) in [7, 11) is 0. The second-order valence-corrected chi connectivity index (χ2v) is 3.70. The summed E-state index contributed by atoms with van der Waals surface area (Å²) >= 11 is 0. The molecular formula is C12H24O. The van der Waals surface area contributed by atoms with E-state index in [4.69, 9.17) is 5.11 Å². The molecule has 0 aliphatic carbocycles. The van der Waals surface area contributed by atoms with E-state index in [2.05, 4.69) is 27.0 Å². The highest BCUT2D eigenvalue weighted by atomic mass is 16.2. The number of hydrogen-bond donors (Lipinski definition) is 1. The largest absolute Gasteiger partial charge is 0.396 e. The highest BCUT2D eigenvalue weighted by Gasteiger charge is 1.83. The molecule has 1 nitrogen and oxygen atoms in total. The molecule has 0 heterocycles. The summed E-state index contributed by atoms with van der Waals surface area (Å²) in [6.45, 7) is 13.9. The molecule has 0 saturated heterocycles. The smallest absolute Gasteiger partial charge is 0.0434 e. The Balaban J connectivity index is 0. The van der Waals surface area contributed by atoms with Gasteiger partial charge in [-0.15, -0.1) is 13.2 Å². The minimum atomic E-state index is 0.285. The monoisotopic (exact) mass is 184 g/mol. The zero-order chi connectivity index (χ0) is 10.7. The van der Waals surface area contributed by atoms with Crippen molar-refractivity contribution in [3.63, 3.8) is 0 Å². The highest BCUT2D eigenvalue weighted by Crippen LogP contribution is 1.97. The van der Waals surface area contributed by atoms with E-state index in [9.17, 15) is 0 Å². The van der Waals surface area contributed by atoms with Crippen LogP contribution >= 0.6 is 0 Å². The van der Waals surface area contributed by atoms with Gasteiger partial charge in [-0.25, -0.2) is 0 Å². The first kappa shape index (κ1) is 14.9. The maximum atomic E-state index is 8.27. The van der Waals surface area contributed by atoms with Crippen molar-refractivity contribution in [3.8, 4) is 0 Å². The van der Waals surface area contributed by atoms with Crippen molar-refractivity contribution in [1.29, 1.82) is 0 Å². The molecule has 13 heavy (non-hydrogen) atoms. The topological polar surface area (TPSA) is 20.2 Å². The summed E-state index contributed by atoms with van der Waals surface area (Å²) in [4.78, 5) is 0. The van der Waals surface area contributed by atoms with Crippen LogP contribution in [0, 0.1) is 5.92 Å². The summed E-state index contributed by atoms with van der Waals surface area (Å²) < 4.78 is 0. The van der Waals surface area contributed by atoms with Gasteiger partial charge in [-0.05, 0) is 32.1 Å². The minimum Gasteiger partial charge on any atom is -0.396 e. The van der Waals surface area contributed by atoms with Crippen molar-refractivity contribution in [2.75, 3.05) is 6.61 Å². The molecule has 0 aromatic rings. The van der Waals surface area contributed by atoms with Crippen LogP contribution in [0.15, 0.2) is 24.8 Å². The lowest BCUT2D eigenvalue weighted by Gasteiger charge is -1.92. The lowest BCUT2D eigenvalue weighted by atomic mass is 10.1. The van der Waals surface area contributed by atoms with Gasteiger partial charge in [-0.1, -0.05) is 25.5 Å². The van der Waals surface area contributed by atoms with Crippen LogP contribution in [0.2, 0.25) is 0 Å². The first-order chi connectivity index (χ1) is 6.04. The zero-order valence-corrected chi connectivity index (χ0v) is 9.34. The highest BCUT2D eigenvalue weighted by molar-refractivity contribution is 4.86. The first-order valence-corrected chi connectivity index (χ1v) is 4.90. The van der Waals surface area contributed by atoms with Gasteiger partial charge in [0.2, 0.25) is 0 Å². The van der Waals surface area contributed by atoms with Crippen LogP contribution < -0.4 is 0 Å². The van der Waals surface area contributed by atoms with Crippen molar-refractivity contribution in [1.82, 2.24) is 0 Å². The molecule has 1 heteroatoms. The average Bonchev–Trinajstić information content (AvgIpc) is 2.01. The maximum absolute atomic E-state index is 8.27. The predicted molar refractivity (Wildman–Crippen MR) is 60.8 cm³/mol. The van der Waals surface area contributed by atoms with Gasteiger partial charge in [0.15, 0.2) is 0 Å². The SMILES string of the molecule is C=C(C)CCCO.C=CCC(C)C. The molecule has 0 aliphatic rings. The minimum absolute atomic E-state index is 0.285. The molecular weight excluding hydrogens is 160 g/mol. The molecule has 0 atom stereocenters. The van der Waals surface area contributed by atoms with Crippen molar-refractivity contribution in [2.45, 2.75) is 40.0 Å². The molecule has 0 amide bonds. The standard InChI is InChI=1S/C6H12O.C6H12/c1-6(2)4-3-5-7;1-4-5-6(2)3/h7H,1,3-5H2,2H3;4,6H,1,5H2,2-3H3. The van der Waals surface area contributed by atoms with Crippen molar-refractivity contribution >= 4 is 0 Å². The molecule has 0 aromatic heterocycles. The van der Waals surface area contributed by atoms with Crippen LogP contribution in [0.5, 0.6) is 0 Å². The van der Waals surface area contributed by atoms with Crippen LogP contribution in [0.3, 0.4) is 0 Å². The Bertz CT molecular complexity index is 125. The number of rotatable bonds is 5. The summed E-state index contributed by atoms with van der Waals surface area (Å²) in [5, 5.41) is 8.27. The Hall–Kier alpha value is -0.560. The molecule has 0 aromatic carbocycles. The van der Waals surface area contributed by atoms with E-state index in [1.54, 1.807) is 0 Å². The van der Waals surface area contributed by atoms with E-state index in [0.717, 1.165) is 30.8 Å². The van der Waals surface area contributed by atoms with E-state index >= 15 is 0 Å². The zero-order valence-electron chi connectivity index (χ0n) is 9.34. The third-order valence-corrected chi connectivity index (χ3v) is 1.40. The van der Waals surface area contributed by atoms with Crippen molar-refractivity contribution < 1.29 is 5.11 Å². The normalized spacial score (nSPS) is 9.00. The van der Waals surface area contributed by atoms with Crippen molar-refractivity contribution in [3.05, 3.63) is 24.8 Å². The van der Waals surface area contributed by atoms with Gasteiger partial charge in [-0.3, -0.25) is 0 Å². The number of aliphatic hydroxyl groups excluding tert-OH is 1. The van der Waals surface area contributed by atoms with E-state index in [-0.39, 0.29) is 6.61 Å². The second-order valence-electron chi connectivity index (χ2n) is 3.70. The summed E-state index contributed by atoms with van der Waals surface area (Å²) in [6, 6.07) is 0. The van der Waals surface area contributed by atoms with Crippen LogP contribution in [0.4, 0.5) is 0 Å². The van der Waals surface area contributed by atoms with Crippen LogP contribution in [-0.2, 0) is 0 Å². The second kappa shape index (κ2) is 11.4. The van der Waals surface area contributed by atoms with Gasteiger partial charge < -0.3 is 5.11 Å². The van der Waals surface area contributed by atoms with Gasteiger partial charge in [0.1, 0.15) is 0 Å². The molecule has 0 saturated carbocycles. The molecule has 0 bridgehead atoms. The van der Waals surface area contributed by atoms with E-state index < -0.39 is 0 Å². The van der Waals surface area contributed by atoms with Gasteiger partial charge in [0.05, 0.1) is 0 Å². The van der Waals surface area contributed by atoms with E-state index in [1.807, 2.05) is 13.0 Å². The number of hydrogen-bond acceptors (Lipinski definition) is 1. The third kappa shape index (κ3) is 24.6. The molecule has 78 valence electrons. The Kier molecular flexibility index (Phi) is 13.1. The molecule has 0 unspecified atom stereocenters. The third-order valence-electron chi connectivity index (χ3n) is 1.40. The van der Waals surface area contributed by atoms with Crippen LogP contribution in [0.1, 0.15) is 40.0 Å². The Morgan fingerprint density at radius 1 is 1.46 bits per heavy atom. The van der Waals surface area contributed by atoms with E-state index in [0.29, 0.717) is 0 Å². The number of allylic oxidation sites excluding steroid dienone is 2. The molecule has 0 aliphatic heterocycles. The lowest BCUT2D eigenvalue weighted by Crippen LogP contribution is -1.81. The summed E-state index contributed by atoms with van der Waals surface area (Å²) in [5.74, 6) is 0.780. The Morgan fingerprint density at radius 2 is 2.00 bits per heavy atom.